The summed E-state index contributed by atoms with van der Waals surface area (Å²) in [6.45, 7) is 2.37. The number of pyridine rings is 1. The molecule has 160 valence electrons. The van der Waals surface area contributed by atoms with E-state index in [2.05, 4.69) is 16.4 Å². The summed E-state index contributed by atoms with van der Waals surface area (Å²) < 4.78 is 45.8. The molecule has 1 saturated carbocycles. The minimum absolute atomic E-state index is 0.0321. The van der Waals surface area contributed by atoms with Crippen molar-refractivity contribution in [3.8, 4) is 11.5 Å². The fourth-order valence-electron chi connectivity index (χ4n) is 4.64. The summed E-state index contributed by atoms with van der Waals surface area (Å²) >= 11 is 0. The Morgan fingerprint density at radius 3 is 2.50 bits per heavy atom. The number of nitrogens with one attached hydrogen (secondary N) is 1. The van der Waals surface area contributed by atoms with Crippen molar-refractivity contribution < 1.29 is 23.0 Å². The highest BCUT2D eigenvalue weighted by atomic mass is 19.1. The molecule has 2 aromatic rings. The molecule has 1 N–H and O–H groups in total. The number of rotatable bonds is 5. The van der Waals surface area contributed by atoms with Crippen molar-refractivity contribution in [1.82, 2.24) is 4.98 Å². The first-order valence-corrected chi connectivity index (χ1v) is 10.2. The summed E-state index contributed by atoms with van der Waals surface area (Å²) in [4.78, 5) is 6.31. The van der Waals surface area contributed by atoms with E-state index in [1.165, 1.54) is 25.8 Å². The molecule has 0 radical (unpaired) electrons. The lowest BCUT2D eigenvalue weighted by Crippen LogP contribution is -2.39. The van der Waals surface area contributed by atoms with E-state index in [0.717, 1.165) is 37.3 Å². The minimum Gasteiger partial charge on any atom is -0.493 e. The Labute approximate surface area is 174 Å². The van der Waals surface area contributed by atoms with Gasteiger partial charge >= 0.3 is 0 Å². The van der Waals surface area contributed by atoms with Gasteiger partial charge in [-0.3, -0.25) is 0 Å². The Morgan fingerprint density at radius 2 is 1.90 bits per heavy atom. The summed E-state index contributed by atoms with van der Waals surface area (Å²) in [6.07, 6.45) is 4.76. The first kappa shape index (κ1) is 19.4. The van der Waals surface area contributed by atoms with E-state index in [-0.39, 0.29) is 28.6 Å². The van der Waals surface area contributed by atoms with Crippen LogP contribution in [-0.2, 0) is 16.7 Å². The normalized spacial score (nSPS) is 21.5. The molecule has 3 heterocycles. The number of anilines is 2. The molecule has 5 rings (SSSR count). The molecule has 1 aromatic heterocycles. The molecule has 2 aliphatic heterocycles. The van der Waals surface area contributed by atoms with Gasteiger partial charge in [-0.1, -0.05) is 0 Å². The van der Waals surface area contributed by atoms with Gasteiger partial charge in [0, 0.05) is 37.4 Å². The minimum atomic E-state index is -0.706. The average molecular weight is 417 g/mol. The average Bonchev–Trinajstić information content (AvgIpc) is 3.31. The van der Waals surface area contributed by atoms with Gasteiger partial charge in [-0.25, -0.2) is 13.8 Å². The summed E-state index contributed by atoms with van der Waals surface area (Å²) in [5.74, 6) is -0.639. The molecule has 6 nitrogen and oxygen atoms in total. The van der Waals surface area contributed by atoms with Crippen LogP contribution in [0.2, 0.25) is 0 Å². The summed E-state index contributed by atoms with van der Waals surface area (Å²) in [6, 6.07) is 3.63. The van der Waals surface area contributed by atoms with Gasteiger partial charge < -0.3 is 24.4 Å². The molecule has 1 atom stereocenters. The lowest BCUT2D eigenvalue weighted by molar-refractivity contribution is 0.195. The highest BCUT2D eigenvalue weighted by molar-refractivity contribution is 5.62. The summed E-state index contributed by atoms with van der Waals surface area (Å²) in [5.41, 5.74) is 2.01. The predicted octanol–water partition coefficient (Wildman–Crippen LogP) is 3.63. The SMILES string of the molecule is COc1cc(OC)c(F)c(N2Cc3cnc(N[C@H]4CCOC4)cc3C3(CC3)C2)c1F. The van der Waals surface area contributed by atoms with Crippen LogP contribution in [0.15, 0.2) is 18.3 Å². The third kappa shape index (κ3) is 3.14. The van der Waals surface area contributed by atoms with Gasteiger partial charge in [0.05, 0.1) is 26.9 Å². The molecule has 3 aliphatic rings. The third-order valence-corrected chi connectivity index (χ3v) is 6.41. The van der Waals surface area contributed by atoms with Crippen molar-refractivity contribution in [2.45, 2.75) is 37.3 Å². The van der Waals surface area contributed by atoms with Crippen LogP contribution in [0.3, 0.4) is 0 Å². The molecule has 8 heteroatoms. The van der Waals surface area contributed by atoms with Gasteiger partial charge in [-0.15, -0.1) is 0 Å². The van der Waals surface area contributed by atoms with Crippen molar-refractivity contribution >= 4 is 11.5 Å². The predicted molar refractivity (Wildman–Crippen MR) is 109 cm³/mol. The number of ether oxygens (including phenoxy) is 3. The molecule has 1 aliphatic carbocycles. The number of methoxy groups -OCH3 is 2. The maximum Gasteiger partial charge on any atom is 0.191 e. The number of halogens is 2. The largest absolute Gasteiger partial charge is 0.493 e. The van der Waals surface area contributed by atoms with Gasteiger partial charge in [0.1, 0.15) is 11.5 Å². The first-order chi connectivity index (χ1) is 14.5. The number of fused-ring (bicyclic) bond motifs is 2. The number of aromatic nitrogens is 1. The second-order valence-corrected chi connectivity index (χ2v) is 8.33. The maximum absolute atomic E-state index is 15.1. The second kappa shape index (κ2) is 7.27. The van der Waals surface area contributed by atoms with Gasteiger partial charge in [0.2, 0.25) is 0 Å². The summed E-state index contributed by atoms with van der Waals surface area (Å²) in [7, 11) is 2.72. The monoisotopic (exact) mass is 417 g/mol. The molecular weight excluding hydrogens is 392 g/mol. The Bertz CT molecular complexity index is 946. The molecule has 0 bridgehead atoms. The Hall–Kier alpha value is -2.61. The van der Waals surface area contributed by atoms with Crippen molar-refractivity contribution in [1.29, 1.82) is 0 Å². The van der Waals surface area contributed by atoms with Crippen molar-refractivity contribution in [3.05, 3.63) is 41.1 Å². The van der Waals surface area contributed by atoms with Crippen molar-refractivity contribution in [2.24, 2.45) is 0 Å². The van der Waals surface area contributed by atoms with E-state index in [1.54, 1.807) is 4.90 Å². The first-order valence-electron chi connectivity index (χ1n) is 10.2. The number of hydrogen-bond donors (Lipinski definition) is 1. The van der Waals surface area contributed by atoms with Gasteiger partial charge in [0.15, 0.2) is 23.1 Å². The summed E-state index contributed by atoms with van der Waals surface area (Å²) in [5, 5.41) is 3.45. The van der Waals surface area contributed by atoms with E-state index < -0.39 is 11.6 Å². The number of nitrogens with zero attached hydrogens (tertiary/aromatic N) is 2. The Kier molecular flexibility index (Phi) is 4.69. The fourth-order valence-corrected chi connectivity index (χ4v) is 4.64. The molecule has 1 spiro atoms. The van der Waals surface area contributed by atoms with Crippen LogP contribution in [-0.4, -0.2) is 45.0 Å². The van der Waals surface area contributed by atoms with Gasteiger partial charge in [-0.05, 0) is 36.5 Å². The van der Waals surface area contributed by atoms with Crippen molar-refractivity contribution in [2.75, 3.05) is 44.2 Å². The topological polar surface area (TPSA) is 55.9 Å². The fraction of sp³-hybridized carbons (Fsp3) is 0.500. The Morgan fingerprint density at radius 1 is 1.17 bits per heavy atom. The molecule has 1 aromatic carbocycles. The molecular formula is C22H25F2N3O3. The van der Waals surface area contributed by atoms with E-state index in [4.69, 9.17) is 14.2 Å². The molecule has 1 saturated heterocycles. The maximum atomic E-state index is 15.1. The van der Waals surface area contributed by atoms with E-state index in [1.807, 2.05) is 6.20 Å². The Balaban J connectivity index is 1.50. The van der Waals surface area contributed by atoms with Crippen LogP contribution in [0.4, 0.5) is 20.3 Å². The zero-order valence-corrected chi connectivity index (χ0v) is 17.1. The molecule has 2 fully saturated rings. The van der Waals surface area contributed by atoms with Crippen LogP contribution < -0.4 is 19.7 Å². The zero-order valence-electron chi connectivity index (χ0n) is 17.1. The molecule has 0 amide bonds. The number of hydrogen-bond acceptors (Lipinski definition) is 6. The highest BCUT2D eigenvalue weighted by Crippen LogP contribution is 2.54. The van der Waals surface area contributed by atoms with Crippen LogP contribution in [0.1, 0.15) is 30.4 Å². The smallest absolute Gasteiger partial charge is 0.191 e. The quantitative estimate of drug-likeness (QED) is 0.802. The van der Waals surface area contributed by atoms with Crippen LogP contribution in [0.5, 0.6) is 11.5 Å². The van der Waals surface area contributed by atoms with E-state index >= 15 is 8.78 Å². The van der Waals surface area contributed by atoms with E-state index in [9.17, 15) is 0 Å². The lowest BCUT2D eigenvalue weighted by atomic mass is 9.87. The van der Waals surface area contributed by atoms with Gasteiger partial charge in [0.25, 0.3) is 0 Å². The zero-order chi connectivity index (χ0) is 20.9. The standard InChI is InChI=1S/C22H25F2N3O3/c1-28-16-8-17(29-2)20(24)21(19(16)23)27-10-13-9-25-18(26-14-3-6-30-11-14)7-15(13)22(12-27)4-5-22/h7-9,14H,3-6,10-12H2,1-2H3,(H,25,26)/t14-/m0/s1. The third-order valence-electron chi connectivity index (χ3n) is 6.41. The highest BCUT2D eigenvalue weighted by Gasteiger charge is 2.50. The van der Waals surface area contributed by atoms with Crippen LogP contribution >= 0.6 is 0 Å². The number of benzene rings is 1. The van der Waals surface area contributed by atoms with Crippen LogP contribution in [0, 0.1) is 11.6 Å². The second-order valence-electron chi connectivity index (χ2n) is 8.33. The lowest BCUT2D eigenvalue weighted by Gasteiger charge is -2.37. The van der Waals surface area contributed by atoms with Crippen molar-refractivity contribution in [3.63, 3.8) is 0 Å². The van der Waals surface area contributed by atoms with Gasteiger partial charge in [-0.2, -0.15) is 0 Å². The molecule has 30 heavy (non-hydrogen) atoms. The molecule has 0 unspecified atom stereocenters. The van der Waals surface area contributed by atoms with Crippen LogP contribution in [0.25, 0.3) is 0 Å². The van der Waals surface area contributed by atoms with E-state index in [0.29, 0.717) is 19.7 Å².